The van der Waals surface area contributed by atoms with Crippen molar-refractivity contribution < 1.29 is 39.8 Å². The number of hydrogen-bond donors (Lipinski definition) is 6. The van der Waals surface area contributed by atoms with Gasteiger partial charge in [-0.2, -0.15) is 0 Å². The molecule has 0 bridgehead atoms. The van der Waals surface area contributed by atoms with E-state index in [1.807, 2.05) is 6.08 Å². The molecule has 1 rings (SSSR count). The van der Waals surface area contributed by atoms with Gasteiger partial charge in [-0.05, 0) is 32.1 Å². The Morgan fingerprint density at radius 3 is 1.62 bits per heavy atom. The Morgan fingerprint density at radius 2 is 1.10 bits per heavy atom. The number of ether oxygens (including phenoxy) is 2. The van der Waals surface area contributed by atoms with Crippen molar-refractivity contribution in [3.05, 3.63) is 24.3 Å². The first-order valence-electron chi connectivity index (χ1n) is 21.6. The zero-order valence-electron chi connectivity index (χ0n) is 33.3. The molecule has 1 saturated heterocycles. The van der Waals surface area contributed by atoms with Crippen molar-refractivity contribution in [2.45, 2.75) is 230 Å². The molecule has 0 aromatic heterocycles. The molecule has 0 saturated carbocycles. The van der Waals surface area contributed by atoms with Gasteiger partial charge in [0.25, 0.3) is 0 Å². The van der Waals surface area contributed by atoms with Gasteiger partial charge in [-0.1, -0.05) is 173 Å². The molecule has 0 spiro atoms. The molecular weight excluding hydrogens is 658 g/mol. The molecule has 1 amide bonds. The van der Waals surface area contributed by atoms with E-state index in [0.29, 0.717) is 6.42 Å². The average molecular weight is 740 g/mol. The third-order valence-electron chi connectivity index (χ3n) is 10.3. The molecule has 0 aliphatic carbocycles. The van der Waals surface area contributed by atoms with Gasteiger partial charge in [0.15, 0.2) is 6.29 Å². The number of unbranched alkanes of at least 4 members (excludes halogenated alkanes) is 23. The van der Waals surface area contributed by atoms with E-state index in [2.05, 4.69) is 31.3 Å². The highest BCUT2D eigenvalue weighted by atomic mass is 16.7. The van der Waals surface area contributed by atoms with Crippen LogP contribution in [0.3, 0.4) is 0 Å². The van der Waals surface area contributed by atoms with Crippen molar-refractivity contribution in [3.63, 3.8) is 0 Å². The Hall–Kier alpha value is -1.33. The molecule has 52 heavy (non-hydrogen) atoms. The summed E-state index contributed by atoms with van der Waals surface area (Å²) in [6.45, 7) is 3.74. The molecule has 1 aliphatic heterocycles. The van der Waals surface area contributed by atoms with Crippen LogP contribution >= 0.6 is 0 Å². The van der Waals surface area contributed by atoms with Crippen LogP contribution in [0.5, 0.6) is 0 Å². The van der Waals surface area contributed by atoms with Gasteiger partial charge in [0.2, 0.25) is 5.91 Å². The Morgan fingerprint density at radius 1 is 0.635 bits per heavy atom. The lowest BCUT2D eigenvalue weighted by atomic mass is 9.99. The Kier molecular flexibility index (Phi) is 32.0. The maximum atomic E-state index is 12.9. The smallest absolute Gasteiger partial charge is 0.220 e. The van der Waals surface area contributed by atoms with E-state index in [1.54, 1.807) is 6.08 Å². The number of carbonyl (C=O) groups is 1. The Bertz CT molecular complexity index is 868. The summed E-state index contributed by atoms with van der Waals surface area (Å²) >= 11 is 0. The van der Waals surface area contributed by atoms with Crippen LogP contribution in [0.4, 0.5) is 0 Å². The highest BCUT2D eigenvalue weighted by Crippen LogP contribution is 2.22. The molecule has 7 atom stereocenters. The summed E-state index contributed by atoms with van der Waals surface area (Å²) in [6, 6.07) is -0.815. The third kappa shape index (κ3) is 24.9. The minimum absolute atomic E-state index is 0.187. The molecule has 9 nitrogen and oxygen atoms in total. The molecule has 0 aromatic rings. The highest BCUT2D eigenvalue weighted by Gasteiger charge is 2.44. The van der Waals surface area contributed by atoms with E-state index in [-0.39, 0.29) is 12.5 Å². The van der Waals surface area contributed by atoms with E-state index in [0.717, 1.165) is 38.5 Å². The fourth-order valence-corrected chi connectivity index (χ4v) is 6.76. The maximum Gasteiger partial charge on any atom is 0.220 e. The lowest BCUT2D eigenvalue weighted by molar-refractivity contribution is -0.302. The molecular formula is C43H81NO8. The van der Waals surface area contributed by atoms with Crippen molar-refractivity contribution in [3.8, 4) is 0 Å². The fraction of sp³-hybridized carbons (Fsp3) is 0.884. The molecule has 1 aliphatic rings. The van der Waals surface area contributed by atoms with Crippen LogP contribution in [0.1, 0.15) is 187 Å². The summed E-state index contributed by atoms with van der Waals surface area (Å²) < 4.78 is 11.2. The number of carbonyl (C=O) groups excluding carboxylic acids is 1. The number of amides is 1. The van der Waals surface area contributed by atoms with Gasteiger partial charge in [-0.25, -0.2) is 0 Å². The third-order valence-corrected chi connectivity index (χ3v) is 10.3. The normalized spacial score (nSPS) is 22.0. The summed E-state index contributed by atoms with van der Waals surface area (Å²) in [5, 5.41) is 54.0. The van der Waals surface area contributed by atoms with Crippen LogP contribution in [-0.2, 0) is 14.3 Å². The van der Waals surface area contributed by atoms with Crippen LogP contribution < -0.4 is 5.32 Å². The predicted molar refractivity (Wildman–Crippen MR) is 212 cm³/mol. The first-order chi connectivity index (χ1) is 25.3. The van der Waals surface area contributed by atoms with Crippen molar-refractivity contribution in [2.75, 3.05) is 13.2 Å². The molecule has 306 valence electrons. The van der Waals surface area contributed by atoms with Crippen molar-refractivity contribution >= 4 is 5.91 Å². The van der Waals surface area contributed by atoms with Crippen LogP contribution in [-0.4, -0.2) is 87.5 Å². The van der Waals surface area contributed by atoms with Gasteiger partial charge in [-0.3, -0.25) is 4.79 Å². The number of allylic oxidation sites excluding steroid dienone is 3. The van der Waals surface area contributed by atoms with Gasteiger partial charge in [-0.15, -0.1) is 0 Å². The van der Waals surface area contributed by atoms with E-state index in [1.165, 1.54) is 128 Å². The first-order valence-corrected chi connectivity index (χ1v) is 21.6. The number of rotatable bonds is 35. The van der Waals surface area contributed by atoms with Crippen LogP contribution in [0, 0.1) is 0 Å². The molecule has 0 aromatic carbocycles. The summed E-state index contributed by atoms with van der Waals surface area (Å²) in [6.07, 6.45) is 32.2. The highest BCUT2D eigenvalue weighted by molar-refractivity contribution is 5.76. The molecule has 6 N–H and O–H groups in total. The minimum atomic E-state index is -1.57. The number of aliphatic hydroxyl groups excluding tert-OH is 5. The van der Waals surface area contributed by atoms with Crippen molar-refractivity contribution in [1.29, 1.82) is 0 Å². The molecule has 1 heterocycles. The van der Waals surface area contributed by atoms with E-state index in [9.17, 15) is 30.3 Å². The van der Waals surface area contributed by atoms with Crippen molar-refractivity contribution in [1.82, 2.24) is 5.32 Å². The van der Waals surface area contributed by atoms with Crippen LogP contribution in [0.15, 0.2) is 24.3 Å². The molecule has 9 heteroatoms. The largest absolute Gasteiger partial charge is 0.394 e. The zero-order chi connectivity index (χ0) is 38.1. The Labute approximate surface area is 318 Å². The summed E-state index contributed by atoms with van der Waals surface area (Å²) in [5.41, 5.74) is 0. The monoisotopic (exact) mass is 740 g/mol. The van der Waals surface area contributed by atoms with Gasteiger partial charge in [0.05, 0.1) is 25.4 Å². The lowest BCUT2D eigenvalue weighted by Crippen LogP contribution is -2.60. The second-order valence-electron chi connectivity index (χ2n) is 15.1. The van der Waals surface area contributed by atoms with Gasteiger partial charge in [0, 0.05) is 6.42 Å². The number of nitrogens with one attached hydrogen (secondary N) is 1. The summed E-state index contributed by atoms with van der Waals surface area (Å²) in [4.78, 5) is 12.9. The molecule has 0 radical (unpaired) electrons. The topological polar surface area (TPSA) is 149 Å². The predicted octanol–water partition coefficient (Wildman–Crippen LogP) is 8.33. The molecule has 1 fully saturated rings. The standard InChI is InChI=1S/C43H81NO8/c1-3-5-7-9-11-13-15-17-19-21-23-25-27-29-31-33-39(47)44-36(35-51-43-42(50)41(49)40(48)38(34-45)52-43)37(46)32-30-28-26-24-22-20-18-16-14-12-10-8-6-4-2/h22,24,30,32,36-38,40-43,45-46,48-50H,3-21,23,25-29,31,33-35H2,1-2H3,(H,44,47)/b24-22+,32-30+/t36-,37+,38-,40-,41?,42?,43-/m0/s1. The Balaban J connectivity index is 2.42. The lowest BCUT2D eigenvalue weighted by Gasteiger charge is -2.40. The SMILES string of the molecule is CCCCCCCCCC/C=C/CC/C=C/[C@@H](O)[C@H](CO[C@H]1O[C@@H](CO)[C@H](O)C(O)C1O)NC(=O)CCCCCCCCCCCCCCCCC. The van der Waals surface area contributed by atoms with Gasteiger partial charge in [0.1, 0.15) is 24.4 Å². The second-order valence-corrected chi connectivity index (χ2v) is 15.1. The van der Waals surface area contributed by atoms with Crippen LogP contribution in [0.25, 0.3) is 0 Å². The first kappa shape index (κ1) is 48.7. The van der Waals surface area contributed by atoms with Gasteiger partial charge >= 0.3 is 0 Å². The van der Waals surface area contributed by atoms with Crippen LogP contribution in [0.2, 0.25) is 0 Å². The number of aliphatic hydroxyl groups is 5. The van der Waals surface area contributed by atoms with E-state index < -0.39 is 49.5 Å². The van der Waals surface area contributed by atoms with E-state index >= 15 is 0 Å². The van der Waals surface area contributed by atoms with Crippen molar-refractivity contribution in [2.24, 2.45) is 0 Å². The summed E-state index contributed by atoms with van der Waals surface area (Å²) in [5.74, 6) is -0.187. The molecule has 2 unspecified atom stereocenters. The number of hydrogen-bond acceptors (Lipinski definition) is 8. The fourth-order valence-electron chi connectivity index (χ4n) is 6.76. The average Bonchev–Trinajstić information content (AvgIpc) is 3.14. The minimum Gasteiger partial charge on any atom is -0.394 e. The maximum absolute atomic E-state index is 12.9. The van der Waals surface area contributed by atoms with Gasteiger partial charge < -0.3 is 40.3 Å². The van der Waals surface area contributed by atoms with E-state index in [4.69, 9.17) is 9.47 Å². The zero-order valence-corrected chi connectivity index (χ0v) is 33.3. The summed E-state index contributed by atoms with van der Waals surface area (Å²) in [7, 11) is 0. The quantitative estimate of drug-likeness (QED) is 0.0281. The second kappa shape index (κ2) is 34.2.